The van der Waals surface area contributed by atoms with Crippen LogP contribution in [0.2, 0.25) is 0 Å². The number of rotatable bonds is 7. The van der Waals surface area contributed by atoms with Gasteiger partial charge in [-0.25, -0.2) is 4.79 Å². The lowest BCUT2D eigenvalue weighted by molar-refractivity contribution is -0.384. The van der Waals surface area contributed by atoms with Crippen molar-refractivity contribution in [1.29, 1.82) is 0 Å². The van der Waals surface area contributed by atoms with E-state index in [9.17, 15) is 19.7 Å². The van der Waals surface area contributed by atoms with Crippen molar-refractivity contribution >= 4 is 17.4 Å². The lowest BCUT2D eigenvalue weighted by Crippen LogP contribution is -2.17. The molecule has 124 valence electrons. The lowest BCUT2D eigenvalue weighted by Gasteiger charge is -2.07. The SMILES string of the molecule is CCC(=O)c1ccc(OCC(=O)Oc2cccc([N+](=O)[O-])c2)cc1. The summed E-state index contributed by atoms with van der Waals surface area (Å²) < 4.78 is 10.3. The van der Waals surface area contributed by atoms with Crippen LogP contribution in [0.3, 0.4) is 0 Å². The predicted molar refractivity (Wildman–Crippen MR) is 85.3 cm³/mol. The molecule has 0 fully saturated rings. The molecule has 2 aromatic carbocycles. The number of esters is 1. The van der Waals surface area contributed by atoms with Crippen molar-refractivity contribution in [2.75, 3.05) is 6.61 Å². The number of benzene rings is 2. The summed E-state index contributed by atoms with van der Waals surface area (Å²) >= 11 is 0. The summed E-state index contributed by atoms with van der Waals surface area (Å²) in [6.45, 7) is 1.42. The van der Waals surface area contributed by atoms with Crippen molar-refractivity contribution < 1.29 is 24.0 Å². The predicted octanol–water partition coefficient (Wildman–Crippen LogP) is 3.17. The van der Waals surface area contributed by atoms with Crippen LogP contribution in [0.25, 0.3) is 0 Å². The van der Waals surface area contributed by atoms with Crippen LogP contribution in [0, 0.1) is 10.1 Å². The molecule has 0 aliphatic carbocycles. The van der Waals surface area contributed by atoms with Crippen LogP contribution in [-0.4, -0.2) is 23.3 Å². The van der Waals surface area contributed by atoms with Gasteiger partial charge in [-0.3, -0.25) is 14.9 Å². The number of non-ortho nitro benzene ring substituents is 1. The summed E-state index contributed by atoms with van der Waals surface area (Å²) in [6.07, 6.45) is 0.412. The maximum Gasteiger partial charge on any atom is 0.349 e. The Morgan fingerprint density at radius 2 is 1.79 bits per heavy atom. The van der Waals surface area contributed by atoms with E-state index in [-0.39, 0.29) is 23.8 Å². The van der Waals surface area contributed by atoms with Gasteiger partial charge in [0.15, 0.2) is 12.4 Å². The van der Waals surface area contributed by atoms with Crippen LogP contribution in [0.1, 0.15) is 23.7 Å². The molecule has 0 atom stereocenters. The van der Waals surface area contributed by atoms with Crippen LogP contribution in [-0.2, 0) is 4.79 Å². The minimum Gasteiger partial charge on any atom is -0.482 e. The molecular weight excluding hydrogens is 314 g/mol. The van der Waals surface area contributed by atoms with E-state index in [4.69, 9.17) is 9.47 Å². The Kier molecular flexibility index (Phi) is 5.62. The molecule has 0 unspecified atom stereocenters. The largest absolute Gasteiger partial charge is 0.482 e. The van der Waals surface area contributed by atoms with E-state index in [0.717, 1.165) is 6.07 Å². The summed E-state index contributed by atoms with van der Waals surface area (Å²) in [7, 11) is 0. The van der Waals surface area contributed by atoms with Gasteiger partial charge in [-0.15, -0.1) is 0 Å². The average Bonchev–Trinajstić information content (AvgIpc) is 2.60. The van der Waals surface area contributed by atoms with Gasteiger partial charge in [0.1, 0.15) is 11.5 Å². The molecule has 0 aliphatic rings. The minimum atomic E-state index is -0.691. The standard InChI is InChI=1S/C17H15NO6/c1-2-16(19)12-6-8-14(9-7-12)23-11-17(20)24-15-5-3-4-13(10-15)18(21)22/h3-10H,2,11H2,1H3. The molecule has 0 spiro atoms. The Labute approximate surface area is 138 Å². The lowest BCUT2D eigenvalue weighted by atomic mass is 10.1. The Balaban J connectivity index is 1.90. The molecule has 24 heavy (non-hydrogen) atoms. The second kappa shape index (κ2) is 7.87. The third kappa shape index (κ3) is 4.64. The number of carbonyl (C=O) groups excluding carboxylic acids is 2. The summed E-state index contributed by atoms with van der Waals surface area (Å²) in [5, 5.41) is 10.7. The zero-order chi connectivity index (χ0) is 17.5. The van der Waals surface area contributed by atoms with Gasteiger partial charge >= 0.3 is 5.97 Å². The van der Waals surface area contributed by atoms with Gasteiger partial charge in [-0.05, 0) is 30.3 Å². The number of ether oxygens (including phenoxy) is 2. The molecular formula is C17H15NO6. The van der Waals surface area contributed by atoms with E-state index in [1.54, 1.807) is 31.2 Å². The van der Waals surface area contributed by atoms with E-state index < -0.39 is 10.9 Å². The van der Waals surface area contributed by atoms with Gasteiger partial charge in [0.2, 0.25) is 0 Å². The third-order valence-electron chi connectivity index (χ3n) is 3.11. The monoisotopic (exact) mass is 329 g/mol. The van der Waals surface area contributed by atoms with Gasteiger partial charge < -0.3 is 9.47 Å². The molecule has 2 rings (SSSR count). The quantitative estimate of drug-likeness (QED) is 0.254. The smallest absolute Gasteiger partial charge is 0.349 e. The number of nitro groups is 1. The first-order valence-electron chi connectivity index (χ1n) is 7.20. The molecule has 0 N–H and O–H groups in total. The number of Topliss-reactive ketones (excluding diaryl/α,β-unsaturated/α-hetero) is 1. The van der Waals surface area contributed by atoms with Gasteiger partial charge in [0, 0.05) is 18.1 Å². The Bertz CT molecular complexity index is 754. The summed E-state index contributed by atoms with van der Waals surface area (Å²) in [5.74, 6) is -0.184. The van der Waals surface area contributed by atoms with Crippen molar-refractivity contribution in [3.8, 4) is 11.5 Å². The highest BCUT2D eigenvalue weighted by Crippen LogP contribution is 2.19. The minimum absolute atomic E-state index is 0.0200. The van der Waals surface area contributed by atoms with E-state index in [2.05, 4.69) is 0 Å². The van der Waals surface area contributed by atoms with Gasteiger partial charge in [0.25, 0.3) is 5.69 Å². The third-order valence-corrected chi connectivity index (χ3v) is 3.11. The van der Waals surface area contributed by atoms with E-state index in [1.807, 2.05) is 0 Å². The number of ketones is 1. The molecule has 2 aromatic rings. The Morgan fingerprint density at radius 1 is 1.08 bits per heavy atom. The molecule has 0 aromatic heterocycles. The number of hydrogen-bond acceptors (Lipinski definition) is 6. The molecule has 0 bridgehead atoms. The zero-order valence-electron chi connectivity index (χ0n) is 12.9. The van der Waals surface area contributed by atoms with Crippen LogP contribution in [0.4, 0.5) is 5.69 Å². The second-order valence-electron chi connectivity index (χ2n) is 4.82. The van der Waals surface area contributed by atoms with Crippen LogP contribution in [0.5, 0.6) is 11.5 Å². The summed E-state index contributed by atoms with van der Waals surface area (Å²) in [5.41, 5.74) is 0.404. The first-order chi connectivity index (χ1) is 11.5. The van der Waals surface area contributed by atoms with Crippen LogP contribution < -0.4 is 9.47 Å². The number of nitro benzene ring substituents is 1. The molecule has 0 heterocycles. The van der Waals surface area contributed by atoms with Gasteiger partial charge in [0.05, 0.1) is 11.0 Å². The van der Waals surface area contributed by atoms with Crippen molar-refractivity contribution in [2.24, 2.45) is 0 Å². The number of hydrogen-bond donors (Lipinski definition) is 0. The Hall–Kier alpha value is -3.22. The Morgan fingerprint density at radius 3 is 2.42 bits per heavy atom. The van der Waals surface area contributed by atoms with Crippen LogP contribution in [0.15, 0.2) is 48.5 Å². The van der Waals surface area contributed by atoms with Crippen molar-refractivity contribution in [3.05, 3.63) is 64.2 Å². The highest BCUT2D eigenvalue weighted by molar-refractivity contribution is 5.95. The fourth-order valence-electron chi connectivity index (χ4n) is 1.90. The fraction of sp³-hybridized carbons (Fsp3) is 0.176. The summed E-state index contributed by atoms with van der Waals surface area (Å²) in [4.78, 5) is 33.3. The van der Waals surface area contributed by atoms with E-state index in [0.29, 0.717) is 17.7 Å². The highest BCUT2D eigenvalue weighted by Gasteiger charge is 2.11. The normalized spacial score (nSPS) is 10.0. The second-order valence-corrected chi connectivity index (χ2v) is 4.82. The van der Waals surface area contributed by atoms with Crippen molar-refractivity contribution in [3.63, 3.8) is 0 Å². The zero-order valence-corrected chi connectivity index (χ0v) is 12.9. The van der Waals surface area contributed by atoms with E-state index in [1.165, 1.54) is 18.2 Å². The molecule has 0 saturated heterocycles. The molecule has 7 heteroatoms. The molecule has 0 aliphatic heterocycles. The average molecular weight is 329 g/mol. The topological polar surface area (TPSA) is 95.7 Å². The fourth-order valence-corrected chi connectivity index (χ4v) is 1.90. The van der Waals surface area contributed by atoms with Gasteiger partial charge in [-0.2, -0.15) is 0 Å². The molecule has 7 nitrogen and oxygen atoms in total. The molecule has 0 amide bonds. The maximum atomic E-state index is 11.7. The number of nitrogens with zero attached hydrogens (tertiary/aromatic N) is 1. The number of carbonyl (C=O) groups is 2. The molecule has 0 saturated carbocycles. The first-order valence-corrected chi connectivity index (χ1v) is 7.20. The first kappa shape index (κ1) is 17.1. The van der Waals surface area contributed by atoms with Crippen LogP contribution >= 0.6 is 0 Å². The highest BCUT2D eigenvalue weighted by atomic mass is 16.6. The maximum absolute atomic E-state index is 11.7. The molecule has 0 radical (unpaired) electrons. The van der Waals surface area contributed by atoms with Crippen molar-refractivity contribution in [1.82, 2.24) is 0 Å². The van der Waals surface area contributed by atoms with Gasteiger partial charge in [-0.1, -0.05) is 13.0 Å². The summed E-state index contributed by atoms with van der Waals surface area (Å²) in [6, 6.07) is 11.7. The van der Waals surface area contributed by atoms with Crippen molar-refractivity contribution in [2.45, 2.75) is 13.3 Å². The van der Waals surface area contributed by atoms with E-state index >= 15 is 0 Å².